The molecule has 1 heterocycles. The predicted molar refractivity (Wildman–Crippen MR) is 58.2 cm³/mol. The van der Waals surface area contributed by atoms with E-state index >= 15 is 0 Å². The summed E-state index contributed by atoms with van der Waals surface area (Å²) in [5.41, 5.74) is 1.03. The minimum atomic E-state index is -1.18. The Balaban J connectivity index is 3.06. The van der Waals surface area contributed by atoms with Crippen molar-refractivity contribution in [1.29, 1.82) is 0 Å². The van der Waals surface area contributed by atoms with Gasteiger partial charge in [-0.05, 0) is 18.6 Å². The summed E-state index contributed by atoms with van der Waals surface area (Å²) in [4.78, 5) is 25.5. The van der Waals surface area contributed by atoms with Gasteiger partial charge >= 0.3 is 11.9 Å². The highest BCUT2D eigenvalue weighted by atomic mass is 16.5. The van der Waals surface area contributed by atoms with Gasteiger partial charge in [0, 0.05) is 11.8 Å². The summed E-state index contributed by atoms with van der Waals surface area (Å²) in [6.45, 7) is 1.72. The van der Waals surface area contributed by atoms with Gasteiger partial charge in [0.2, 0.25) is 5.88 Å². The van der Waals surface area contributed by atoms with E-state index in [4.69, 9.17) is 14.9 Å². The van der Waals surface area contributed by atoms with Crippen molar-refractivity contribution in [2.45, 2.75) is 19.3 Å². The summed E-state index contributed by atoms with van der Waals surface area (Å²) >= 11 is 0. The summed E-state index contributed by atoms with van der Waals surface area (Å²) in [6.07, 6.45) is 0.857. The number of carbonyl (C=O) groups is 2. The van der Waals surface area contributed by atoms with Gasteiger partial charge in [0.15, 0.2) is 0 Å². The molecule has 0 fully saturated rings. The van der Waals surface area contributed by atoms with Crippen molar-refractivity contribution >= 4 is 11.9 Å². The number of aryl methyl sites for hydroxylation is 1. The summed E-state index contributed by atoms with van der Waals surface area (Å²) in [7, 11) is 1.46. The van der Waals surface area contributed by atoms with Gasteiger partial charge < -0.3 is 14.9 Å². The molecule has 17 heavy (non-hydrogen) atoms. The second-order valence-corrected chi connectivity index (χ2v) is 3.58. The van der Waals surface area contributed by atoms with E-state index in [-0.39, 0.29) is 0 Å². The number of aromatic nitrogens is 1. The fraction of sp³-hybridized carbons (Fsp3) is 0.364. The van der Waals surface area contributed by atoms with Gasteiger partial charge in [0.1, 0.15) is 0 Å². The number of nitrogens with zero attached hydrogens (tertiary/aromatic N) is 1. The van der Waals surface area contributed by atoms with E-state index < -0.39 is 24.3 Å². The molecule has 0 saturated carbocycles. The quantitative estimate of drug-likeness (QED) is 0.796. The molecule has 0 aliphatic rings. The second-order valence-electron chi connectivity index (χ2n) is 3.58. The minimum Gasteiger partial charge on any atom is -0.481 e. The van der Waals surface area contributed by atoms with Gasteiger partial charge in [-0.3, -0.25) is 9.59 Å². The summed E-state index contributed by atoms with van der Waals surface area (Å²) in [6, 6.07) is 1.58. The van der Waals surface area contributed by atoms with Crippen LogP contribution in [0.3, 0.4) is 0 Å². The van der Waals surface area contributed by atoms with Crippen molar-refractivity contribution in [3.8, 4) is 5.88 Å². The molecule has 6 nitrogen and oxygen atoms in total. The van der Waals surface area contributed by atoms with Gasteiger partial charge in [-0.15, -0.1) is 0 Å². The molecule has 1 aromatic heterocycles. The summed E-state index contributed by atoms with van der Waals surface area (Å²) in [5, 5.41) is 17.6. The van der Waals surface area contributed by atoms with Crippen molar-refractivity contribution in [2.24, 2.45) is 0 Å². The van der Waals surface area contributed by atoms with Crippen LogP contribution in [-0.2, 0) is 9.59 Å². The number of methoxy groups -OCH3 is 1. The first-order chi connectivity index (χ1) is 7.95. The van der Waals surface area contributed by atoms with Crippen LogP contribution in [0.4, 0.5) is 0 Å². The van der Waals surface area contributed by atoms with Crippen LogP contribution in [-0.4, -0.2) is 34.2 Å². The van der Waals surface area contributed by atoms with Crippen LogP contribution in [0.1, 0.15) is 23.5 Å². The largest absolute Gasteiger partial charge is 0.481 e. The molecule has 0 saturated heterocycles. The topological polar surface area (TPSA) is 96.7 Å². The van der Waals surface area contributed by atoms with Crippen LogP contribution < -0.4 is 4.74 Å². The summed E-state index contributed by atoms with van der Waals surface area (Å²) in [5.74, 6) is -3.04. The molecular weight excluding hydrogens is 226 g/mol. The standard InChI is InChI=1S/C11H13NO5/c1-6-3-7(5-12-10(6)17-2)8(11(15)16)4-9(13)14/h3,5,8H,4H2,1-2H3,(H,13,14)(H,15,16). The van der Waals surface area contributed by atoms with E-state index in [0.29, 0.717) is 17.0 Å². The third-order valence-corrected chi connectivity index (χ3v) is 2.32. The lowest BCUT2D eigenvalue weighted by Crippen LogP contribution is -2.16. The van der Waals surface area contributed by atoms with Gasteiger partial charge in [-0.25, -0.2) is 4.98 Å². The highest BCUT2D eigenvalue weighted by Gasteiger charge is 2.24. The third kappa shape index (κ3) is 3.17. The first-order valence-corrected chi connectivity index (χ1v) is 4.90. The highest BCUT2D eigenvalue weighted by molar-refractivity contribution is 5.82. The molecule has 92 valence electrons. The predicted octanol–water partition coefficient (Wildman–Crippen LogP) is 1.04. The van der Waals surface area contributed by atoms with E-state index in [0.717, 1.165) is 0 Å². The van der Waals surface area contributed by atoms with Crippen molar-refractivity contribution < 1.29 is 24.5 Å². The SMILES string of the molecule is COc1ncc(C(CC(=O)O)C(=O)O)cc1C. The zero-order chi connectivity index (χ0) is 13.0. The Morgan fingerprint density at radius 3 is 2.53 bits per heavy atom. The normalized spacial score (nSPS) is 11.9. The Hall–Kier alpha value is -2.11. The average molecular weight is 239 g/mol. The molecule has 0 spiro atoms. The molecule has 2 N–H and O–H groups in total. The van der Waals surface area contributed by atoms with Crippen LogP contribution >= 0.6 is 0 Å². The monoisotopic (exact) mass is 239 g/mol. The molecule has 1 unspecified atom stereocenters. The number of pyridine rings is 1. The Morgan fingerprint density at radius 1 is 1.47 bits per heavy atom. The van der Waals surface area contributed by atoms with Crippen molar-refractivity contribution in [3.05, 3.63) is 23.4 Å². The summed E-state index contributed by atoms with van der Waals surface area (Å²) < 4.78 is 4.95. The number of rotatable bonds is 5. The molecule has 0 aliphatic carbocycles. The number of ether oxygens (including phenoxy) is 1. The minimum absolute atomic E-state index is 0.359. The third-order valence-electron chi connectivity index (χ3n) is 2.32. The molecule has 1 atom stereocenters. The molecule has 0 radical (unpaired) electrons. The van der Waals surface area contributed by atoms with Crippen LogP contribution in [0.15, 0.2) is 12.3 Å². The number of carboxylic acids is 2. The molecule has 1 rings (SSSR count). The number of hydrogen-bond donors (Lipinski definition) is 2. The highest BCUT2D eigenvalue weighted by Crippen LogP contribution is 2.23. The lowest BCUT2D eigenvalue weighted by atomic mass is 9.96. The van der Waals surface area contributed by atoms with Crippen LogP contribution in [0.5, 0.6) is 5.88 Å². The van der Waals surface area contributed by atoms with Gasteiger partial charge in [0.05, 0.1) is 19.4 Å². The fourth-order valence-corrected chi connectivity index (χ4v) is 1.51. The maximum absolute atomic E-state index is 11.0. The van der Waals surface area contributed by atoms with Crippen molar-refractivity contribution in [2.75, 3.05) is 7.11 Å². The van der Waals surface area contributed by atoms with Gasteiger partial charge in [-0.2, -0.15) is 0 Å². The zero-order valence-electron chi connectivity index (χ0n) is 9.51. The number of carboxylic acid groups (broad SMARTS) is 2. The van der Waals surface area contributed by atoms with Crippen molar-refractivity contribution in [1.82, 2.24) is 4.98 Å². The number of aliphatic carboxylic acids is 2. The first-order valence-electron chi connectivity index (χ1n) is 4.90. The smallest absolute Gasteiger partial charge is 0.311 e. The Morgan fingerprint density at radius 2 is 2.12 bits per heavy atom. The fourth-order valence-electron chi connectivity index (χ4n) is 1.51. The lowest BCUT2D eigenvalue weighted by Gasteiger charge is -2.11. The second kappa shape index (κ2) is 5.29. The van der Waals surface area contributed by atoms with Crippen LogP contribution in [0, 0.1) is 6.92 Å². The Bertz CT molecular complexity index is 443. The molecule has 1 aromatic rings. The Labute approximate surface area is 97.9 Å². The van der Waals surface area contributed by atoms with Gasteiger partial charge in [0.25, 0.3) is 0 Å². The Kier molecular flexibility index (Phi) is 4.03. The van der Waals surface area contributed by atoms with Crippen molar-refractivity contribution in [3.63, 3.8) is 0 Å². The first kappa shape index (κ1) is 13.0. The number of hydrogen-bond acceptors (Lipinski definition) is 4. The van der Waals surface area contributed by atoms with E-state index in [1.165, 1.54) is 13.3 Å². The molecular formula is C11H13NO5. The molecule has 6 heteroatoms. The molecule has 0 amide bonds. The van der Waals surface area contributed by atoms with Gasteiger partial charge in [-0.1, -0.05) is 0 Å². The maximum Gasteiger partial charge on any atom is 0.311 e. The van der Waals surface area contributed by atoms with E-state index in [1.54, 1.807) is 13.0 Å². The lowest BCUT2D eigenvalue weighted by molar-refractivity contribution is -0.145. The molecule has 0 aliphatic heterocycles. The van der Waals surface area contributed by atoms with Crippen LogP contribution in [0.25, 0.3) is 0 Å². The molecule has 0 bridgehead atoms. The zero-order valence-corrected chi connectivity index (χ0v) is 9.51. The van der Waals surface area contributed by atoms with E-state index in [1.807, 2.05) is 0 Å². The average Bonchev–Trinajstić information content (AvgIpc) is 2.25. The van der Waals surface area contributed by atoms with E-state index in [9.17, 15) is 9.59 Å². The van der Waals surface area contributed by atoms with E-state index in [2.05, 4.69) is 4.98 Å². The molecule has 0 aromatic carbocycles. The maximum atomic E-state index is 11.0. The van der Waals surface area contributed by atoms with Crippen LogP contribution in [0.2, 0.25) is 0 Å².